The van der Waals surface area contributed by atoms with Crippen LogP contribution >= 0.6 is 0 Å². The van der Waals surface area contributed by atoms with Crippen molar-refractivity contribution in [2.45, 2.75) is 39.0 Å². The van der Waals surface area contributed by atoms with Crippen LogP contribution in [0, 0.1) is 0 Å². The molecule has 0 bridgehead atoms. The maximum absolute atomic E-state index is 11.0. The van der Waals surface area contributed by atoms with Gasteiger partial charge in [-0.1, -0.05) is 26.2 Å². The molecule has 0 fully saturated rings. The van der Waals surface area contributed by atoms with Gasteiger partial charge in [-0.2, -0.15) is 0 Å². The summed E-state index contributed by atoms with van der Waals surface area (Å²) in [5, 5.41) is 0. The van der Waals surface area contributed by atoms with Gasteiger partial charge in [0.1, 0.15) is 0 Å². The van der Waals surface area contributed by atoms with Gasteiger partial charge in [-0.15, -0.1) is 0 Å². The second kappa shape index (κ2) is 6.82. The molecule has 16 heavy (non-hydrogen) atoms. The summed E-state index contributed by atoms with van der Waals surface area (Å²) in [6.07, 6.45) is 8.98. The Morgan fingerprint density at radius 2 is 1.69 bits per heavy atom. The second-order valence-corrected chi connectivity index (χ2v) is 3.55. The summed E-state index contributed by atoms with van der Waals surface area (Å²) >= 11 is 0. The Balaban J connectivity index is 2.37. The van der Waals surface area contributed by atoms with Crippen molar-refractivity contribution in [3.05, 3.63) is 24.2 Å². The maximum atomic E-state index is 11.0. The number of hydrogen-bond donors (Lipinski definition) is 0. The van der Waals surface area contributed by atoms with Crippen molar-refractivity contribution >= 4 is 11.9 Å². The zero-order valence-electron chi connectivity index (χ0n) is 9.40. The van der Waals surface area contributed by atoms with Crippen LogP contribution in [-0.4, -0.2) is 11.9 Å². The summed E-state index contributed by atoms with van der Waals surface area (Å²) in [6, 6.07) is 0. The van der Waals surface area contributed by atoms with E-state index in [-0.39, 0.29) is 5.95 Å². The van der Waals surface area contributed by atoms with E-state index in [9.17, 15) is 9.59 Å². The van der Waals surface area contributed by atoms with Crippen LogP contribution in [-0.2, 0) is 19.1 Å². The summed E-state index contributed by atoms with van der Waals surface area (Å²) in [7, 11) is 0. The molecule has 0 saturated heterocycles. The lowest BCUT2D eigenvalue weighted by molar-refractivity contribution is -0.145. The number of rotatable bonds is 5. The Hall–Kier alpha value is -1.58. The lowest BCUT2D eigenvalue weighted by atomic mass is 10.1. The molecule has 4 heteroatoms. The first-order chi connectivity index (χ1) is 7.72. The van der Waals surface area contributed by atoms with Gasteiger partial charge in [0.25, 0.3) is 5.95 Å². The van der Waals surface area contributed by atoms with Crippen LogP contribution in [0.4, 0.5) is 0 Å². The summed E-state index contributed by atoms with van der Waals surface area (Å²) < 4.78 is 9.56. The molecule has 88 valence electrons. The minimum absolute atomic E-state index is 0.00324. The molecule has 4 nitrogen and oxygen atoms in total. The van der Waals surface area contributed by atoms with E-state index in [1.54, 1.807) is 6.08 Å². The first kappa shape index (κ1) is 12.5. The lowest BCUT2D eigenvalue weighted by Crippen LogP contribution is -2.03. The van der Waals surface area contributed by atoms with Crippen LogP contribution in [0.15, 0.2) is 24.2 Å². The Labute approximate surface area is 94.9 Å². The second-order valence-electron chi connectivity index (χ2n) is 3.55. The van der Waals surface area contributed by atoms with Crippen LogP contribution in [0.1, 0.15) is 39.0 Å². The number of allylic oxidation sites excluding steroid dienone is 1. The van der Waals surface area contributed by atoms with Crippen molar-refractivity contribution in [2.24, 2.45) is 0 Å². The van der Waals surface area contributed by atoms with Gasteiger partial charge in [0.2, 0.25) is 0 Å². The Morgan fingerprint density at radius 1 is 1.06 bits per heavy atom. The van der Waals surface area contributed by atoms with Crippen molar-refractivity contribution in [3.63, 3.8) is 0 Å². The van der Waals surface area contributed by atoms with Crippen LogP contribution in [0.2, 0.25) is 0 Å². The molecule has 1 aliphatic heterocycles. The fraction of sp³-hybridized carbons (Fsp3) is 0.500. The SMILES string of the molecule is CCCCCCC=C1OC(=O)C=CC(=O)O1. The fourth-order valence-corrected chi connectivity index (χ4v) is 1.30. The topological polar surface area (TPSA) is 52.6 Å². The number of esters is 2. The molecule has 0 amide bonds. The normalized spacial score (nSPS) is 15.4. The third-order valence-corrected chi connectivity index (χ3v) is 2.13. The van der Waals surface area contributed by atoms with Gasteiger partial charge in [0.15, 0.2) is 0 Å². The summed E-state index contributed by atoms with van der Waals surface area (Å²) in [6.45, 7) is 2.14. The Morgan fingerprint density at radius 3 is 2.25 bits per heavy atom. The average molecular weight is 224 g/mol. The first-order valence-electron chi connectivity index (χ1n) is 5.54. The van der Waals surface area contributed by atoms with Crippen molar-refractivity contribution in [1.82, 2.24) is 0 Å². The standard InChI is InChI=1S/C12H16O4/c1-2-3-4-5-6-7-12-15-10(13)8-9-11(14)16-12/h7-9H,2-6H2,1H3. The van der Waals surface area contributed by atoms with E-state index in [0.29, 0.717) is 0 Å². The highest BCUT2D eigenvalue weighted by molar-refractivity contribution is 5.93. The third-order valence-electron chi connectivity index (χ3n) is 2.13. The number of unbranched alkanes of at least 4 members (excludes halogenated alkanes) is 4. The van der Waals surface area contributed by atoms with Gasteiger partial charge in [-0.3, -0.25) is 0 Å². The first-order valence-corrected chi connectivity index (χ1v) is 5.54. The molecule has 0 saturated carbocycles. The molecule has 0 spiro atoms. The average Bonchev–Trinajstić information content (AvgIpc) is 2.40. The van der Waals surface area contributed by atoms with Crippen molar-refractivity contribution in [3.8, 4) is 0 Å². The third kappa shape index (κ3) is 4.77. The monoisotopic (exact) mass is 224 g/mol. The minimum Gasteiger partial charge on any atom is -0.390 e. The molecule has 0 aromatic carbocycles. The van der Waals surface area contributed by atoms with Gasteiger partial charge >= 0.3 is 11.9 Å². The number of cyclic esters (lactones) is 2. The predicted molar refractivity (Wildman–Crippen MR) is 58.2 cm³/mol. The Bertz CT molecular complexity index is 293. The van der Waals surface area contributed by atoms with Crippen LogP contribution < -0.4 is 0 Å². The number of carbonyl (C=O) groups excluding carboxylic acids is 2. The maximum Gasteiger partial charge on any atom is 0.338 e. The van der Waals surface area contributed by atoms with Gasteiger partial charge in [-0.05, 0) is 18.9 Å². The molecular weight excluding hydrogens is 208 g/mol. The van der Waals surface area contributed by atoms with E-state index in [1.165, 1.54) is 12.8 Å². The van der Waals surface area contributed by atoms with Crippen LogP contribution in [0.5, 0.6) is 0 Å². The molecular formula is C12H16O4. The molecule has 0 aromatic rings. The van der Waals surface area contributed by atoms with Gasteiger partial charge in [-0.25, -0.2) is 9.59 Å². The summed E-state index contributed by atoms with van der Waals surface area (Å²) in [5.41, 5.74) is 0. The van der Waals surface area contributed by atoms with Gasteiger partial charge < -0.3 is 9.47 Å². The smallest absolute Gasteiger partial charge is 0.338 e. The molecule has 0 unspecified atom stereocenters. The molecule has 1 heterocycles. The molecule has 1 rings (SSSR count). The predicted octanol–water partition coefficient (Wildman–Crippen LogP) is 2.45. The van der Waals surface area contributed by atoms with E-state index in [1.807, 2.05) is 0 Å². The number of ether oxygens (including phenoxy) is 2. The number of hydrogen-bond acceptors (Lipinski definition) is 4. The van der Waals surface area contributed by atoms with Gasteiger partial charge in [0, 0.05) is 12.2 Å². The van der Waals surface area contributed by atoms with Crippen molar-refractivity contribution in [2.75, 3.05) is 0 Å². The highest BCUT2D eigenvalue weighted by Gasteiger charge is 2.13. The van der Waals surface area contributed by atoms with Gasteiger partial charge in [0.05, 0.1) is 0 Å². The zero-order chi connectivity index (χ0) is 11.8. The summed E-state index contributed by atoms with van der Waals surface area (Å²) in [5.74, 6) is -1.16. The van der Waals surface area contributed by atoms with E-state index in [0.717, 1.165) is 31.4 Å². The summed E-state index contributed by atoms with van der Waals surface area (Å²) in [4.78, 5) is 22.0. The lowest BCUT2D eigenvalue weighted by Gasteiger charge is -2.03. The van der Waals surface area contributed by atoms with Crippen LogP contribution in [0.3, 0.4) is 0 Å². The zero-order valence-corrected chi connectivity index (χ0v) is 9.40. The van der Waals surface area contributed by atoms with E-state index in [2.05, 4.69) is 6.92 Å². The molecule has 0 N–H and O–H groups in total. The van der Waals surface area contributed by atoms with Crippen molar-refractivity contribution < 1.29 is 19.1 Å². The van der Waals surface area contributed by atoms with E-state index in [4.69, 9.17) is 9.47 Å². The van der Waals surface area contributed by atoms with E-state index >= 15 is 0 Å². The minimum atomic E-state index is -0.578. The molecule has 0 aliphatic carbocycles. The van der Waals surface area contributed by atoms with Crippen molar-refractivity contribution in [1.29, 1.82) is 0 Å². The number of carbonyl (C=O) groups is 2. The molecule has 1 aliphatic rings. The Kier molecular flexibility index (Phi) is 5.32. The van der Waals surface area contributed by atoms with E-state index < -0.39 is 11.9 Å². The fourth-order valence-electron chi connectivity index (χ4n) is 1.30. The molecule has 0 atom stereocenters. The highest BCUT2D eigenvalue weighted by atomic mass is 16.7. The largest absolute Gasteiger partial charge is 0.390 e. The molecule has 0 radical (unpaired) electrons. The quantitative estimate of drug-likeness (QED) is 0.531. The molecule has 0 aromatic heterocycles. The van der Waals surface area contributed by atoms with Crippen LogP contribution in [0.25, 0.3) is 0 Å². The highest BCUT2D eigenvalue weighted by Crippen LogP contribution is 2.10.